The maximum Gasteiger partial charge on any atom is 0.262 e. The molecule has 3 rings (SSSR count). The van der Waals surface area contributed by atoms with Crippen molar-refractivity contribution in [1.82, 2.24) is 0 Å². The summed E-state index contributed by atoms with van der Waals surface area (Å²) in [6.45, 7) is 1.80. The molecular formula is C21H18ClFN2O4S. The largest absolute Gasteiger partial charge is 0.495 e. The fourth-order valence-electron chi connectivity index (χ4n) is 2.70. The predicted octanol–water partition coefficient (Wildman–Crippen LogP) is 4.85. The van der Waals surface area contributed by atoms with Gasteiger partial charge in [-0.2, -0.15) is 0 Å². The summed E-state index contributed by atoms with van der Waals surface area (Å²) in [5.41, 5.74) is 1.04. The molecule has 30 heavy (non-hydrogen) atoms. The molecule has 3 aromatic rings. The van der Waals surface area contributed by atoms with E-state index in [0.717, 1.165) is 11.6 Å². The van der Waals surface area contributed by atoms with E-state index in [1.54, 1.807) is 37.3 Å². The van der Waals surface area contributed by atoms with Crippen molar-refractivity contribution in [3.8, 4) is 5.75 Å². The van der Waals surface area contributed by atoms with Crippen molar-refractivity contribution in [2.75, 3.05) is 17.1 Å². The van der Waals surface area contributed by atoms with Gasteiger partial charge in [0.2, 0.25) is 0 Å². The fourth-order valence-corrected chi connectivity index (χ4v) is 4.00. The molecule has 0 unspecified atom stereocenters. The Morgan fingerprint density at radius 2 is 1.77 bits per heavy atom. The van der Waals surface area contributed by atoms with Gasteiger partial charge in [0.05, 0.1) is 34.0 Å². The number of rotatable bonds is 6. The second-order valence-electron chi connectivity index (χ2n) is 6.38. The lowest BCUT2D eigenvalue weighted by Gasteiger charge is -2.13. The molecule has 0 atom stereocenters. The lowest BCUT2D eigenvalue weighted by atomic mass is 10.2. The van der Waals surface area contributed by atoms with Crippen molar-refractivity contribution in [1.29, 1.82) is 0 Å². The zero-order valence-electron chi connectivity index (χ0n) is 16.1. The molecule has 0 aromatic heterocycles. The van der Waals surface area contributed by atoms with Gasteiger partial charge in [0.25, 0.3) is 15.9 Å². The number of carbonyl (C=O) groups is 1. The quantitative estimate of drug-likeness (QED) is 0.564. The molecule has 0 heterocycles. The average molecular weight is 449 g/mol. The third-order valence-electron chi connectivity index (χ3n) is 4.22. The number of amides is 1. The first-order chi connectivity index (χ1) is 14.2. The van der Waals surface area contributed by atoms with Crippen molar-refractivity contribution in [3.05, 3.63) is 82.6 Å². The fraction of sp³-hybridized carbons (Fsp3) is 0.0952. The molecule has 0 radical (unpaired) electrons. The van der Waals surface area contributed by atoms with Gasteiger partial charge >= 0.3 is 0 Å². The number of nitrogens with one attached hydrogen (secondary N) is 2. The molecule has 1 amide bonds. The summed E-state index contributed by atoms with van der Waals surface area (Å²) in [6.07, 6.45) is 0. The van der Waals surface area contributed by atoms with Gasteiger partial charge in [-0.1, -0.05) is 29.8 Å². The summed E-state index contributed by atoms with van der Waals surface area (Å²) in [5, 5.41) is 2.60. The highest BCUT2D eigenvalue weighted by molar-refractivity contribution is 7.92. The number of carbonyl (C=O) groups excluding carboxylic acids is 1. The van der Waals surface area contributed by atoms with Crippen LogP contribution in [0.5, 0.6) is 5.75 Å². The minimum absolute atomic E-state index is 0.170. The lowest BCUT2D eigenvalue weighted by Crippen LogP contribution is -2.16. The van der Waals surface area contributed by atoms with E-state index in [1.165, 1.54) is 31.4 Å². The first kappa shape index (κ1) is 21.6. The summed E-state index contributed by atoms with van der Waals surface area (Å²) in [6, 6.07) is 14.5. The smallest absolute Gasteiger partial charge is 0.262 e. The van der Waals surface area contributed by atoms with E-state index in [0.29, 0.717) is 5.75 Å². The van der Waals surface area contributed by atoms with E-state index in [9.17, 15) is 17.6 Å². The van der Waals surface area contributed by atoms with Gasteiger partial charge in [0, 0.05) is 0 Å². The summed E-state index contributed by atoms with van der Waals surface area (Å²) in [4.78, 5) is 12.0. The molecule has 0 spiro atoms. The zero-order valence-corrected chi connectivity index (χ0v) is 17.6. The normalized spacial score (nSPS) is 11.1. The van der Waals surface area contributed by atoms with Crippen LogP contribution < -0.4 is 14.8 Å². The molecule has 0 aliphatic carbocycles. The minimum Gasteiger partial charge on any atom is -0.495 e. The molecule has 0 aliphatic heterocycles. The second-order valence-corrected chi connectivity index (χ2v) is 8.47. The molecule has 2 N–H and O–H groups in total. The van der Waals surface area contributed by atoms with Crippen LogP contribution >= 0.6 is 11.6 Å². The number of aryl methyl sites for hydroxylation is 1. The Hall–Kier alpha value is -3.10. The Bertz CT molecular complexity index is 1220. The Kier molecular flexibility index (Phi) is 6.28. The van der Waals surface area contributed by atoms with Crippen LogP contribution in [0.2, 0.25) is 5.02 Å². The van der Waals surface area contributed by atoms with Crippen molar-refractivity contribution in [2.24, 2.45) is 0 Å². The van der Waals surface area contributed by atoms with E-state index in [4.69, 9.17) is 16.3 Å². The summed E-state index contributed by atoms with van der Waals surface area (Å²) < 4.78 is 47.5. The van der Waals surface area contributed by atoms with Crippen molar-refractivity contribution in [3.63, 3.8) is 0 Å². The molecular weight excluding hydrogens is 431 g/mol. The highest BCUT2D eigenvalue weighted by Crippen LogP contribution is 2.29. The van der Waals surface area contributed by atoms with Crippen LogP contribution in [0.3, 0.4) is 0 Å². The van der Waals surface area contributed by atoms with E-state index in [1.807, 2.05) is 0 Å². The third kappa shape index (κ3) is 4.72. The molecule has 0 saturated carbocycles. The summed E-state index contributed by atoms with van der Waals surface area (Å²) >= 11 is 5.97. The van der Waals surface area contributed by atoms with E-state index < -0.39 is 21.7 Å². The van der Waals surface area contributed by atoms with E-state index in [-0.39, 0.29) is 26.9 Å². The third-order valence-corrected chi connectivity index (χ3v) is 5.91. The Labute approximate surface area is 178 Å². The monoisotopic (exact) mass is 448 g/mol. The van der Waals surface area contributed by atoms with Crippen LogP contribution in [0.25, 0.3) is 0 Å². The van der Waals surface area contributed by atoms with Crippen molar-refractivity contribution < 1.29 is 22.3 Å². The number of halogens is 2. The van der Waals surface area contributed by atoms with E-state index >= 15 is 0 Å². The number of methoxy groups -OCH3 is 1. The number of benzene rings is 3. The number of sulfonamides is 1. The minimum atomic E-state index is -4.09. The molecule has 0 saturated heterocycles. The van der Waals surface area contributed by atoms with Crippen molar-refractivity contribution in [2.45, 2.75) is 11.8 Å². The number of hydrogen-bond donors (Lipinski definition) is 2. The van der Waals surface area contributed by atoms with Gasteiger partial charge in [0.15, 0.2) is 0 Å². The van der Waals surface area contributed by atoms with Crippen LogP contribution in [0.15, 0.2) is 65.6 Å². The number of ether oxygens (including phenoxy) is 1. The zero-order chi connectivity index (χ0) is 21.9. The average Bonchev–Trinajstić information content (AvgIpc) is 2.69. The Morgan fingerprint density at radius 1 is 1.03 bits per heavy atom. The van der Waals surface area contributed by atoms with Crippen LogP contribution in [0.1, 0.15) is 15.9 Å². The Morgan fingerprint density at radius 3 is 2.43 bits per heavy atom. The highest BCUT2D eigenvalue weighted by atomic mass is 35.5. The highest BCUT2D eigenvalue weighted by Gasteiger charge is 2.20. The van der Waals surface area contributed by atoms with Gasteiger partial charge in [-0.15, -0.1) is 0 Å². The van der Waals surface area contributed by atoms with Gasteiger partial charge < -0.3 is 10.1 Å². The SMILES string of the molecule is COc1ccc(C)cc1NS(=O)(=O)c1ccc(NC(=O)c2ccccc2Cl)c(F)c1. The van der Waals surface area contributed by atoms with Crippen molar-refractivity contribution >= 4 is 38.9 Å². The standard InChI is InChI=1S/C21H18ClFN2O4S/c1-13-7-10-20(29-2)19(11-13)25-30(27,28)14-8-9-18(17(23)12-14)24-21(26)15-5-3-4-6-16(15)22/h3-12,25H,1-2H3,(H,24,26). The first-order valence-electron chi connectivity index (χ1n) is 8.74. The molecule has 3 aromatic carbocycles. The first-order valence-corrected chi connectivity index (χ1v) is 10.6. The maximum absolute atomic E-state index is 14.5. The second kappa shape index (κ2) is 8.73. The lowest BCUT2D eigenvalue weighted by molar-refractivity contribution is 0.102. The summed E-state index contributed by atoms with van der Waals surface area (Å²) in [5.74, 6) is -1.19. The molecule has 0 aliphatic rings. The van der Waals surface area contributed by atoms with Crippen LogP contribution in [0.4, 0.5) is 15.8 Å². The molecule has 6 nitrogen and oxygen atoms in total. The van der Waals surface area contributed by atoms with E-state index in [2.05, 4.69) is 10.0 Å². The summed E-state index contributed by atoms with van der Waals surface area (Å²) in [7, 11) is -2.68. The molecule has 0 fully saturated rings. The maximum atomic E-state index is 14.5. The molecule has 0 bridgehead atoms. The molecule has 9 heteroatoms. The van der Waals surface area contributed by atoms with Gasteiger partial charge in [-0.25, -0.2) is 12.8 Å². The predicted molar refractivity (Wildman–Crippen MR) is 114 cm³/mol. The topological polar surface area (TPSA) is 84.5 Å². The van der Waals surface area contributed by atoms with Gasteiger partial charge in [-0.05, 0) is 55.0 Å². The van der Waals surface area contributed by atoms with Gasteiger partial charge in [-0.3, -0.25) is 9.52 Å². The number of hydrogen-bond acceptors (Lipinski definition) is 4. The van der Waals surface area contributed by atoms with Crippen LogP contribution in [-0.4, -0.2) is 21.4 Å². The van der Waals surface area contributed by atoms with Crippen LogP contribution in [0, 0.1) is 12.7 Å². The van der Waals surface area contributed by atoms with Gasteiger partial charge in [0.1, 0.15) is 11.6 Å². The Balaban J connectivity index is 1.85. The van der Waals surface area contributed by atoms with Crippen LogP contribution in [-0.2, 0) is 10.0 Å². The molecule has 156 valence electrons. The number of anilines is 2.